The van der Waals surface area contributed by atoms with E-state index < -0.39 is 0 Å². The van der Waals surface area contributed by atoms with Gasteiger partial charge < -0.3 is 0 Å². The number of likely N-dealkylation sites (tertiary alicyclic amines) is 1. The Labute approximate surface area is 135 Å². The van der Waals surface area contributed by atoms with E-state index in [1.165, 1.54) is 10.5 Å². The Morgan fingerprint density at radius 3 is 1.87 bits per heavy atom. The quantitative estimate of drug-likeness (QED) is 0.817. The number of nitrogens with zero attached hydrogens (tertiary/aromatic N) is 2. The first kappa shape index (κ1) is 14.2. The number of benzene rings is 2. The summed E-state index contributed by atoms with van der Waals surface area (Å²) in [6.07, 6.45) is 0. The molecule has 2 aromatic carbocycles. The number of hydrogen-bond donors (Lipinski definition) is 0. The first-order valence-corrected chi connectivity index (χ1v) is 7.93. The predicted molar refractivity (Wildman–Crippen MR) is 87.6 cm³/mol. The van der Waals surface area contributed by atoms with Crippen molar-refractivity contribution >= 4 is 17.5 Å². The lowest BCUT2D eigenvalue weighted by Crippen LogP contribution is -2.35. The van der Waals surface area contributed by atoms with Crippen LogP contribution < -0.4 is 4.90 Å². The van der Waals surface area contributed by atoms with E-state index in [0.717, 1.165) is 6.54 Å². The van der Waals surface area contributed by atoms with Gasteiger partial charge in [-0.25, -0.2) is 4.90 Å². The molecule has 2 aromatic rings. The number of carbonyl (C=O) groups is 2. The maximum atomic E-state index is 12.7. The lowest BCUT2D eigenvalue weighted by molar-refractivity contribution is -0.123. The molecule has 4 heteroatoms. The van der Waals surface area contributed by atoms with Gasteiger partial charge in [-0.2, -0.15) is 0 Å². The molecule has 0 spiro atoms. The van der Waals surface area contributed by atoms with Gasteiger partial charge in [-0.1, -0.05) is 48.5 Å². The first-order chi connectivity index (χ1) is 11.2. The summed E-state index contributed by atoms with van der Waals surface area (Å²) in [5.41, 5.74) is 1.90. The normalized spacial score (nSPS) is 24.3. The summed E-state index contributed by atoms with van der Waals surface area (Å²) in [6.45, 7) is 2.11. The largest absolute Gasteiger partial charge is 0.297 e. The molecule has 23 heavy (non-hydrogen) atoms. The molecule has 2 heterocycles. The van der Waals surface area contributed by atoms with E-state index in [4.69, 9.17) is 0 Å². The molecule has 0 bridgehead atoms. The highest BCUT2D eigenvalue weighted by Gasteiger charge is 2.52. The fourth-order valence-corrected chi connectivity index (χ4v) is 3.63. The molecule has 2 atom stereocenters. The van der Waals surface area contributed by atoms with Crippen molar-refractivity contribution in [3.63, 3.8) is 0 Å². The van der Waals surface area contributed by atoms with Crippen LogP contribution in [0, 0.1) is 11.8 Å². The van der Waals surface area contributed by atoms with Crippen molar-refractivity contribution < 1.29 is 9.59 Å². The first-order valence-electron chi connectivity index (χ1n) is 7.93. The van der Waals surface area contributed by atoms with Gasteiger partial charge in [0.15, 0.2) is 0 Å². The molecule has 0 aromatic heterocycles. The van der Waals surface area contributed by atoms with Crippen molar-refractivity contribution in [3.05, 3.63) is 66.2 Å². The van der Waals surface area contributed by atoms with Crippen LogP contribution in [0.15, 0.2) is 60.7 Å². The Balaban J connectivity index is 1.51. The highest BCUT2D eigenvalue weighted by atomic mass is 16.2. The van der Waals surface area contributed by atoms with Crippen LogP contribution in [0.2, 0.25) is 0 Å². The van der Waals surface area contributed by atoms with Crippen LogP contribution in [-0.4, -0.2) is 29.8 Å². The summed E-state index contributed by atoms with van der Waals surface area (Å²) in [5.74, 6) is -0.513. The third-order valence-corrected chi connectivity index (χ3v) is 4.73. The second-order valence-electron chi connectivity index (χ2n) is 6.24. The van der Waals surface area contributed by atoms with Crippen molar-refractivity contribution in [2.75, 3.05) is 18.0 Å². The molecule has 2 aliphatic heterocycles. The molecular formula is C19H18N2O2. The summed E-state index contributed by atoms with van der Waals surface area (Å²) in [7, 11) is 0. The number of fused-ring (bicyclic) bond motifs is 1. The summed E-state index contributed by atoms with van der Waals surface area (Å²) in [6, 6.07) is 19.4. The minimum Gasteiger partial charge on any atom is -0.297 e. The zero-order valence-corrected chi connectivity index (χ0v) is 12.8. The molecule has 4 nitrogen and oxygen atoms in total. The minimum atomic E-state index is -0.202. The predicted octanol–water partition coefficient (Wildman–Crippen LogP) is 2.31. The van der Waals surface area contributed by atoms with E-state index >= 15 is 0 Å². The van der Waals surface area contributed by atoms with Crippen LogP contribution in [0.1, 0.15) is 5.56 Å². The van der Waals surface area contributed by atoms with E-state index in [1.807, 2.05) is 48.5 Å². The van der Waals surface area contributed by atoms with Gasteiger partial charge in [0.05, 0.1) is 17.5 Å². The second kappa shape index (κ2) is 5.63. The van der Waals surface area contributed by atoms with Gasteiger partial charge in [-0.3, -0.25) is 14.5 Å². The average molecular weight is 306 g/mol. The van der Waals surface area contributed by atoms with E-state index in [0.29, 0.717) is 18.8 Å². The van der Waals surface area contributed by atoms with Crippen LogP contribution in [0.4, 0.5) is 5.69 Å². The Hall–Kier alpha value is -2.46. The standard InChI is InChI=1S/C19H18N2O2/c22-18-16-12-20(11-14-7-3-1-4-8-14)13-17(16)19(23)21(18)15-9-5-2-6-10-15/h1-10,16-17H,11-13H2/t16-,17+. The molecule has 0 radical (unpaired) electrons. The summed E-state index contributed by atoms with van der Waals surface area (Å²) in [5, 5.41) is 0. The molecule has 0 saturated carbocycles. The van der Waals surface area contributed by atoms with E-state index in [2.05, 4.69) is 17.0 Å². The molecule has 2 amide bonds. The molecule has 2 aliphatic rings. The molecule has 116 valence electrons. The van der Waals surface area contributed by atoms with E-state index in [9.17, 15) is 9.59 Å². The molecule has 0 N–H and O–H groups in total. The van der Waals surface area contributed by atoms with Gasteiger partial charge in [0, 0.05) is 19.6 Å². The van der Waals surface area contributed by atoms with Crippen LogP contribution in [0.5, 0.6) is 0 Å². The lowest BCUT2D eigenvalue weighted by atomic mass is 10.00. The van der Waals surface area contributed by atoms with Gasteiger partial charge in [0.25, 0.3) is 0 Å². The fraction of sp³-hybridized carbons (Fsp3) is 0.263. The van der Waals surface area contributed by atoms with Crippen molar-refractivity contribution in [2.24, 2.45) is 11.8 Å². The second-order valence-corrected chi connectivity index (χ2v) is 6.24. The number of imide groups is 1. The SMILES string of the molecule is O=C1[C@H]2CN(Cc3ccccc3)C[C@H]2C(=O)N1c1ccccc1. The number of amides is 2. The third kappa shape index (κ3) is 2.45. The maximum absolute atomic E-state index is 12.7. The van der Waals surface area contributed by atoms with Crippen LogP contribution in [0.3, 0.4) is 0 Å². The van der Waals surface area contributed by atoms with Gasteiger partial charge in [-0.15, -0.1) is 0 Å². The van der Waals surface area contributed by atoms with Crippen molar-refractivity contribution in [2.45, 2.75) is 6.54 Å². The zero-order valence-electron chi connectivity index (χ0n) is 12.8. The van der Waals surface area contributed by atoms with E-state index in [1.54, 1.807) is 0 Å². The fourth-order valence-electron chi connectivity index (χ4n) is 3.63. The van der Waals surface area contributed by atoms with Crippen molar-refractivity contribution in [1.82, 2.24) is 4.90 Å². The molecule has 2 fully saturated rings. The highest BCUT2D eigenvalue weighted by molar-refractivity contribution is 6.22. The Bertz CT molecular complexity index is 706. The summed E-state index contributed by atoms with van der Waals surface area (Å²) in [4.78, 5) is 28.9. The highest BCUT2D eigenvalue weighted by Crippen LogP contribution is 2.36. The van der Waals surface area contributed by atoms with Gasteiger partial charge in [-0.05, 0) is 17.7 Å². The average Bonchev–Trinajstić information content (AvgIpc) is 3.09. The minimum absolute atomic E-state index is 0.0539. The summed E-state index contributed by atoms with van der Waals surface area (Å²) < 4.78 is 0. The van der Waals surface area contributed by atoms with Gasteiger partial charge in [0.2, 0.25) is 11.8 Å². The monoisotopic (exact) mass is 306 g/mol. The number of hydrogen-bond acceptors (Lipinski definition) is 3. The zero-order chi connectivity index (χ0) is 15.8. The lowest BCUT2D eigenvalue weighted by Gasteiger charge is -2.20. The number of anilines is 1. The maximum Gasteiger partial charge on any atom is 0.239 e. The van der Waals surface area contributed by atoms with Gasteiger partial charge in [0.1, 0.15) is 0 Å². The Morgan fingerprint density at radius 2 is 1.30 bits per heavy atom. The Kier molecular flexibility index (Phi) is 3.46. The number of rotatable bonds is 3. The third-order valence-electron chi connectivity index (χ3n) is 4.73. The molecule has 0 unspecified atom stereocenters. The molecule has 2 saturated heterocycles. The van der Waals surface area contributed by atoms with E-state index in [-0.39, 0.29) is 23.7 Å². The molecule has 0 aliphatic carbocycles. The van der Waals surface area contributed by atoms with Crippen LogP contribution in [0.25, 0.3) is 0 Å². The van der Waals surface area contributed by atoms with Crippen molar-refractivity contribution in [3.8, 4) is 0 Å². The van der Waals surface area contributed by atoms with Crippen LogP contribution in [-0.2, 0) is 16.1 Å². The summed E-state index contributed by atoms with van der Waals surface area (Å²) >= 11 is 0. The number of para-hydroxylation sites is 1. The topological polar surface area (TPSA) is 40.6 Å². The molecular weight excluding hydrogens is 288 g/mol. The number of carbonyl (C=O) groups excluding carboxylic acids is 2. The van der Waals surface area contributed by atoms with Gasteiger partial charge >= 0.3 is 0 Å². The Morgan fingerprint density at radius 1 is 0.783 bits per heavy atom. The van der Waals surface area contributed by atoms with Crippen LogP contribution >= 0.6 is 0 Å². The smallest absolute Gasteiger partial charge is 0.239 e. The molecule has 4 rings (SSSR count). The van der Waals surface area contributed by atoms with Crippen molar-refractivity contribution in [1.29, 1.82) is 0 Å².